The summed E-state index contributed by atoms with van der Waals surface area (Å²) in [5, 5.41) is 2.73. The van der Waals surface area contributed by atoms with E-state index in [1.807, 2.05) is 4.90 Å². The summed E-state index contributed by atoms with van der Waals surface area (Å²) in [6, 6.07) is 3.75. The Morgan fingerprint density at radius 2 is 1.73 bits per heavy atom. The Morgan fingerprint density at radius 3 is 2.40 bits per heavy atom. The van der Waals surface area contributed by atoms with Gasteiger partial charge in [-0.05, 0) is 50.3 Å². The number of halogens is 3. The lowest BCUT2D eigenvalue weighted by atomic mass is 10.1. The van der Waals surface area contributed by atoms with Crippen LogP contribution in [0.25, 0.3) is 0 Å². The molecule has 0 radical (unpaired) electrons. The van der Waals surface area contributed by atoms with Gasteiger partial charge in [-0.3, -0.25) is 9.59 Å². The summed E-state index contributed by atoms with van der Waals surface area (Å²) >= 11 is 0. The third-order valence-corrected chi connectivity index (χ3v) is 6.57. The Balaban J connectivity index is 1.53. The van der Waals surface area contributed by atoms with Gasteiger partial charge in [0.25, 0.3) is 0 Å². The summed E-state index contributed by atoms with van der Waals surface area (Å²) in [5.41, 5.74) is 0.0187. The van der Waals surface area contributed by atoms with Crippen LogP contribution < -0.4 is 10.2 Å². The molecule has 0 aromatic heterocycles. The van der Waals surface area contributed by atoms with Crippen molar-refractivity contribution >= 4 is 23.2 Å². The molecule has 1 aromatic rings. The van der Waals surface area contributed by atoms with Crippen molar-refractivity contribution < 1.29 is 22.8 Å². The molecule has 0 spiro atoms. The monoisotopic (exact) mass is 423 g/mol. The second kappa shape index (κ2) is 8.47. The molecule has 4 rings (SSSR count). The molecule has 8 heteroatoms. The second-order valence-corrected chi connectivity index (χ2v) is 8.65. The van der Waals surface area contributed by atoms with Gasteiger partial charge in [0.05, 0.1) is 22.9 Å². The van der Waals surface area contributed by atoms with E-state index in [1.54, 1.807) is 4.90 Å². The zero-order chi connectivity index (χ0) is 21.3. The van der Waals surface area contributed by atoms with Crippen molar-refractivity contribution in [3.05, 3.63) is 23.8 Å². The van der Waals surface area contributed by atoms with Crippen LogP contribution in [0.2, 0.25) is 0 Å². The Kier molecular flexibility index (Phi) is 5.93. The van der Waals surface area contributed by atoms with Gasteiger partial charge in [-0.15, -0.1) is 0 Å². The predicted molar refractivity (Wildman–Crippen MR) is 108 cm³/mol. The van der Waals surface area contributed by atoms with Crippen LogP contribution in [0.15, 0.2) is 18.2 Å². The molecule has 2 aliphatic heterocycles. The number of hydrogen-bond acceptors (Lipinski definition) is 3. The first-order valence-corrected chi connectivity index (χ1v) is 10.9. The Morgan fingerprint density at radius 1 is 1.03 bits per heavy atom. The van der Waals surface area contributed by atoms with Gasteiger partial charge >= 0.3 is 6.18 Å². The zero-order valence-electron chi connectivity index (χ0n) is 17.0. The van der Waals surface area contributed by atoms with Crippen molar-refractivity contribution in [3.63, 3.8) is 0 Å². The van der Waals surface area contributed by atoms with Gasteiger partial charge in [0.2, 0.25) is 11.8 Å². The highest BCUT2D eigenvalue weighted by atomic mass is 19.4. The van der Waals surface area contributed by atoms with Gasteiger partial charge in [-0.25, -0.2) is 0 Å². The molecule has 30 heavy (non-hydrogen) atoms. The molecule has 1 atom stereocenters. The van der Waals surface area contributed by atoms with E-state index in [0.717, 1.165) is 70.2 Å². The lowest BCUT2D eigenvalue weighted by molar-refractivity contribution is -0.137. The third kappa shape index (κ3) is 4.42. The third-order valence-electron chi connectivity index (χ3n) is 6.57. The average molecular weight is 423 g/mol. The molecule has 1 saturated carbocycles. The average Bonchev–Trinajstić information content (AvgIpc) is 3.37. The molecular weight excluding hydrogens is 395 g/mol. The topological polar surface area (TPSA) is 52.7 Å². The number of anilines is 2. The summed E-state index contributed by atoms with van der Waals surface area (Å²) < 4.78 is 39.8. The van der Waals surface area contributed by atoms with Gasteiger partial charge < -0.3 is 15.1 Å². The number of nitrogens with zero attached hydrogens (tertiary/aromatic N) is 2. The first-order valence-electron chi connectivity index (χ1n) is 10.9. The van der Waals surface area contributed by atoms with E-state index < -0.39 is 17.7 Å². The van der Waals surface area contributed by atoms with E-state index in [9.17, 15) is 22.8 Å². The molecule has 2 heterocycles. The summed E-state index contributed by atoms with van der Waals surface area (Å²) in [7, 11) is 0. The number of alkyl halides is 3. The minimum absolute atomic E-state index is 0.0256. The number of piperidine rings is 1. The maximum absolute atomic E-state index is 13.3. The van der Waals surface area contributed by atoms with Gasteiger partial charge in [-0.1, -0.05) is 12.8 Å². The predicted octanol–water partition coefficient (Wildman–Crippen LogP) is 4.43. The first-order chi connectivity index (χ1) is 14.3. The molecule has 0 bridgehead atoms. The van der Waals surface area contributed by atoms with Crippen LogP contribution in [0.1, 0.15) is 56.9 Å². The molecule has 0 unspecified atom stereocenters. The largest absolute Gasteiger partial charge is 0.416 e. The first kappa shape index (κ1) is 21.0. The van der Waals surface area contributed by atoms with Crippen molar-refractivity contribution in [2.45, 2.75) is 63.6 Å². The number of amides is 2. The number of hydrogen-bond donors (Lipinski definition) is 1. The van der Waals surface area contributed by atoms with Crippen molar-refractivity contribution in [2.75, 3.05) is 29.9 Å². The van der Waals surface area contributed by atoms with Crippen LogP contribution in [0, 0.1) is 5.92 Å². The molecule has 5 nitrogen and oxygen atoms in total. The number of likely N-dealkylation sites (tertiary alicyclic amines) is 1. The van der Waals surface area contributed by atoms with Gasteiger partial charge in [0.15, 0.2) is 0 Å². The quantitative estimate of drug-likeness (QED) is 0.780. The van der Waals surface area contributed by atoms with E-state index >= 15 is 0 Å². The fourth-order valence-corrected chi connectivity index (χ4v) is 4.93. The zero-order valence-corrected chi connectivity index (χ0v) is 17.0. The standard InChI is InChI=1S/C22H28F3N3O2/c23-22(24,25)16-8-9-19(27-10-4-1-5-11-27)18(13-16)26-21(30)15-12-20(29)28(14-15)17-6-2-3-7-17/h8-9,13,15,17H,1-7,10-12,14H2,(H,26,30)/t15-/m1/s1. The normalized spacial score (nSPS) is 23.3. The van der Waals surface area contributed by atoms with Crippen LogP contribution >= 0.6 is 0 Å². The molecule has 1 aliphatic carbocycles. The number of benzene rings is 1. The van der Waals surface area contributed by atoms with E-state index in [-0.39, 0.29) is 30.0 Å². The minimum Gasteiger partial charge on any atom is -0.370 e. The van der Waals surface area contributed by atoms with Gasteiger partial charge in [0, 0.05) is 32.1 Å². The van der Waals surface area contributed by atoms with Crippen LogP contribution in [0.4, 0.5) is 24.5 Å². The maximum atomic E-state index is 13.3. The highest BCUT2D eigenvalue weighted by Crippen LogP contribution is 2.37. The van der Waals surface area contributed by atoms with Gasteiger partial charge in [-0.2, -0.15) is 13.2 Å². The van der Waals surface area contributed by atoms with Crippen molar-refractivity contribution in [1.29, 1.82) is 0 Å². The smallest absolute Gasteiger partial charge is 0.370 e. The lowest BCUT2D eigenvalue weighted by Gasteiger charge is -2.31. The summed E-state index contributed by atoms with van der Waals surface area (Å²) in [4.78, 5) is 29.2. The fraction of sp³-hybridized carbons (Fsp3) is 0.636. The molecule has 1 N–H and O–H groups in total. The molecule has 1 aromatic carbocycles. The Hall–Kier alpha value is -2.25. The highest BCUT2D eigenvalue weighted by molar-refractivity contribution is 5.99. The van der Waals surface area contributed by atoms with Crippen LogP contribution in [0.5, 0.6) is 0 Å². The van der Waals surface area contributed by atoms with Crippen LogP contribution in [-0.2, 0) is 15.8 Å². The van der Waals surface area contributed by atoms with E-state index in [1.165, 1.54) is 6.07 Å². The molecule has 3 aliphatic rings. The summed E-state index contributed by atoms with van der Waals surface area (Å²) in [6.07, 6.45) is 2.80. The number of carbonyl (C=O) groups is 2. The molecule has 3 fully saturated rings. The second-order valence-electron chi connectivity index (χ2n) is 8.65. The maximum Gasteiger partial charge on any atom is 0.416 e. The van der Waals surface area contributed by atoms with Crippen LogP contribution in [-0.4, -0.2) is 42.4 Å². The van der Waals surface area contributed by atoms with Crippen molar-refractivity contribution in [3.8, 4) is 0 Å². The molecule has 2 saturated heterocycles. The van der Waals surface area contributed by atoms with Crippen molar-refractivity contribution in [2.24, 2.45) is 5.92 Å². The fourth-order valence-electron chi connectivity index (χ4n) is 4.93. The summed E-state index contributed by atoms with van der Waals surface area (Å²) in [6.45, 7) is 1.87. The highest BCUT2D eigenvalue weighted by Gasteiger charge is 2.39. The Labute approximate surface area is 174 Å². The number of rotatable bonds is 4. The van der Waals surface area contributed by atoms with E-state index in [4.69, 9.17) is 0 Å². The Bertz CT molecular complexity index is 799. The van der Waals surface area contributed by atoms with Gasteiger partial charge in [0.1, 0.15) is 0 Å². The SMILES string of the molecule is O=C(Nc1cc(C(F)(F)F)ccc1N1CCCCC1)[C@@H]1CC(=O)N(C2CCCC2)C1. The number of carbonyl (C=O) groups excluding carboxylic acids is 2. The van der Waals surface area contributed by atoms with E-state index in [0.29, 0.717) is 12.2 Å². The van der Waals surface area contributed by atoms with Crippen LogP contribution in [0.3, 0.4) is 0 Å². The molecule has 164 valence electrons. The number of nitrogens with one attached hydrogen (secondary N) is 1. The minimum atomic E-state index is -4.48. The lowest BCUT2D eigenvalue weighted by Crippen LogP contribution is -2.35. The summed E-state index contributed by atoms with van der Waals surface area (Å²) in [5.74, 6) is -0.925. The van der Waals surface area contributed by atoms with Crippen molar-refractivity contribution in [1.82, 2.24) is 4.90 Å². The van der Waals surface area contributed by atoms with E-state index in [2.05, 4.69) is 5.32 Å². The molecule has 2 amide bonds. The molecular formula is C22H28F3N3O2.